The van der Waals surface area contributed by atoms with E-state index >= 15 is 0 Å². The van der Waals surface area contributed by atoms with Gasteiger partial charge in [-0.05, 0) is 24.8 Å². The van der Waals surface area contributed by atoms with Crippen LogP contribution in [0, 0.1) is 0 Å². The number of imidazole rings is 1. The first-order valence-electron chi connectivity index (χ1n) is 6.04. The second kappa shape index (κ2) is 5.47. The smallest absolute Gasteiger partial charge is 0.109 e. The summed E-state index contributed by atoms with van der Waals surface area (Å²) in [5, 5.41) is 2.10. The zero-order valence-electron chi connectivity index (χ0n) is 10.3. The topological polar surface area (TPSA) is 43.8 Å². The van der Waals surface area contributed by atoms with Crippen molar-refractivity contribution in [2.75, 3.05) is 0 Å². The summed E-state index contributed by atoms with van der Waals surface area (Å²) in [6.45, 7) is 4.23. The fraction of sp³-hybridized carbons (Fsp3) is 0.462. The van der Waals surface area contributed by atoms with Crippen molar-refractivity contribution in [2.45, 2.75) is 38.8 Å². The first-order chi connectivity index (χ1) is 8.24. The number of thiophene rings is 1. The first kappa shape index (κ1) is 12.3. The molecular formula is C13H19N3S. The minimum absolute atomic E-state index is 0.0819. The molecule has 4 heteroatoms. The van der Waals surface area contributed by atoms with Crippen LogP contribution in [-0.2, 0) is 6.42 Å². The van der Waals surface area contributed by atoms with Gasteiger partial charge < -0.3 is 10.3 Å². The van der Waals surface area contributed by atoms with Gasteiger partial charge in [0.2, 0.25) is 0 Å². The molecule has 92 valence electrons. The summed E-state index contributed by atoms with van der Waals surface area (Å²) in [4.78, 5) is 5.73. The van der Waals surface area contributed by atoms with Crippen LogP contribution in [0.15, 0.2) is 29.9 Å². The Bertz CT molecular complexity index is 445. The van der Waals surface area contributed by atoms with Crippen molar-refractivity contribution < 1.29 is 0 Å². The maximum Gasteiger partial charge on any atom is 0.109 e. The summed E-state index contributed by atoms with van der Waals surface area (Å²) in [5.41, 5.74) is 6.14. The molecule has 2 rings (SSSR count). The molecule has 0 aliphatic heterocycles. The fourth-order valence-electron chi connectivity index (χ4n) is 2.12. The van der Waals surface area contributed by atoms with Gasteiger partial charge in [0.05, 0.1) is 6.04 Å². The van der Waals surface area contributed by atoms with Gasteiger partial charge in [-0.3, -0.25) is 0 Å². The molecule has 2 N–H and O–H groups in total. The lowest BCUT2D eigenvalue weighted by atomic mass is 10.1. The van der Waals surface area contributed by atoms with Gasteiger partial charge in [-0.15, -0.1) is 11.3 Å². The molecule has 0 amide bonds. The number of hydrogen-bond donors (Lipinski definition) is 1. The summed E-state index contributed by atoms with van der Waals surface area (Å²) < 4.78 is 2.22. The van der Waals surface area contributed by atoms with Gasteiger partial charge >= 0.3 is 0 Å². The molecule has 2 aromatic rings. The van der Waals surface area contributed by atoms with Crippen LogP contribution >= 0.6 is 11.3 Å². The van der Waals surface area contributed by atoms with E-state index in [4.69, 9.17) is 5.73 Å². The predicted molar refractivity (Wildman–Crippen MR) is 72.3 cm³/mol. The molecule has 0 saturated heterocycles. The van der Waals surface area contributed by atoms with Crippen molar-refractivity contribution in [3.63, 3.8) is 0 Å². The molecule has 2 aromatic heterocycles. The van der Waals surface area contributed by atoms with Crippen molar-refractivity contribution in [3.8, 4) is 0 Å². The quantitative estimate of drug-likeness (QED) is 0.885. The Hall–Kier alpha value is -1.13. The first-order valence-corrected chi connectivity index (χ1v) is 6.92. The average molecular weight is 249 g/mol. The van der Waals surface area contributed by atoms with E-state index in [0.29, 0.717) is 0 Å². The monoisotopic (exact) mass is 249 g/mol. The Kier molecular flexibility index (Phi) is 3.97. The molecule has 0 spiro atoms. The van der Waals surface area contributed by atoms with E-state index in [1.54, 1.807) is 11.3 Å². The molecule has 0 bridgehead atoms. The lowest BCUT2D eigenvalue weighted by Gasteiger charge is -2.23. The van der Waals surface area contributed by atoms with Gasteiger partial charge in [-0.1, -0.05) is 13.0 Å². The van der Waals surface area contributed by atoms with Crippen molar-refractivity contribution in [3.05, 3.63) is 40.6 Å². The van der Waals surface area contributed by atoms with Crippen LogP contribution in [0.2, 0.25) is 0 Å². The summed E-state index contributed by atoms with van der Waals surface area (Å²) in [7, 11) is 0. The Labute approximate surface area is 106 Å². The molecule has 0 saturated carbocycles. The van der Waals surface area contributed by atoms with E-state index in [-0.39, 0.29) is 12.1 Å². The molecule has 3 nitrogen and oxygen atoms in total. The molecule has 2 unspecified atom stereocenters. The van der Waals surface area contributed by atoms with Gasteiger partial charge in [0.15, 0.2) is 0 Å². The Morgan fingerprint density at radius 1 is 1.53 bits per heavy atom. The second-order valence-corrected chi connectivity index (χ2v) is 5.30. The molecule has 0 fully saturated rings. The van der Waals surface area contributed by atoms with E-state index < -0.39 is 0 Å². The van der Waals surface area contributed by atoms with Crippen LogP contribution in [-0.4, -0.2) is 15.6 Å². The number of rotatable bonds is 5. The van der Waals surface area contributed by atoms with Crippen LogP contribution in [0.25, 0.3) is 0 Å². The van der Waals surface area contributed by atoms with Gasteiger partial charge in [0, 0.05) is 29.7 Å². The van der Waals surface area contributed by atoms with Gasteiger partial charge in [0.1, 0.15) is 5.82 Å². The van der Waals surface area contributed by atoms with Crippen LogP contribution in [0.3, 0.4) is 0 Å². The summed E-state index contributed by atoms with van der Waals surface area (Å²) in [6, 6.07) is 4.51. The average Bonchev–Trinajstić information content (AvgIpc) is 2.92. The molecule has 0 aliphatic carbocycles. The van der Waals surface area contributed by atoms with Crippen molar-refractivity contribution in [1.29, 1.82) is 0 Å². The lowest BCUT2D eigenvalue weighted by Crippen LogP contribution is -2.30. The molecular weight excluding hydrogens is 230 g/mol. The van der Waals surface area contributed by atoms with Gasteiger partial charge in [-0.2, -0.15) is 0 Å². The number of hydrogen-bond acceptors (Lipinski definition) is 3. The summed E-state index contributed by atoms with van der Waals surface area (Å²) >= 11 is 1.76. The SMILES string of the molecule is CCCc1nccn1C(c1cccs1)C(C)N. The van der Waals surface area contributed by atoms with Crippen molar-refractivity contribution in [2.24, 2.45) is 5.73 Å². The highest BCUT2D eigenvalue weighted by Gasteiger charge is 2.21. The van der Waals surface area contributed by atoms with E-state index in [1.807, 2.05) is 12.4 Å². The molecule has 0 aliphatic rings. The number of nitrogens with two attached hydrogens (primary N) is 1. The second-order valence-electron chi connectivity index (χ2n) is 4.32. The third-order valence-electron chi connectivity index (χ3n) is 2.85. The van der Waals surface area contributed by atoms with Gasteiger partial charge in [0.25, 0.3) is 0 Å². The molecule has 0 aromatic carbocycles. The minimum atomic E-state index is 0.0819. The number of nitrogens with zero attached hydrogens (tertiary/aromatic N) is 2. The maximum absolute atomic E-state index is 6.14. The van der Waals surface area contributed by atoms with Crippen LogP contribution < -0.4 is 5.73 Å². The Balaban J connectivity index is 2.36. The van der Waals surface area contributed by atoms with Gasteiger partial charge in [-0.25, -0.2) is 4.98 Å². The zero-order valence-corrected chi connectivity index (χ0v) is 11.2. The third-order valence-corrected chi connectivity index (χ3v) is 3.80. The van der Waals surface area contributed by atoms with Crippen LogP contribution in [0.5, 0.6) is 0 Å². The van der Waals surface area contributed by atoms with Crippen molar-refractivity contribution >= 4 is 11.3 Å². The highest BCUT2D eigenvalue weighted by molar-refractivity contribution is 7.10. The standard InChI is InChI=1S/C13H19N3S/c1-3-5-12-15-7-8-16(12)13(10(2)14)11-6-4-9-17-11/h4,6-10,13H,3,5,14H2,1-2H3. The molecule has 17 heavy (non-hydrogen) atoms. The summed E-state index contributed by atoms with van der Waals surface area (Å²) in [6.07, 6.45) is 6.02. The minimum Gasteiger partial charge on any atom is -0.326 e. The molecule has 2 atom stereocenters. The highest BCUT2D eigenvalue weighted by atomic mass is 32.1. The predicted octanol–water partition coefficient (Wildman–Crippen LogP) is 2.83. The highest BCUT2D eigenvalue weighted by Crippen LogP contribution is 2.26. The number of aryl methyl sites for hydroxylation is 1. The van der Waals surface area contributed by atoms with Crippen molar-refractivity contribution in [1.82, 2.24) is 9.55 Å². The normalized spacial score (nSPS) is 14.8. The van der Waals surface area contributed by atoms with Crippen LogP contribution in [0.4, 0.5) is 0 Å². The number of aromatic nitrogens is 2. The lowest BCUT2D eigenvalue weighted by molar-refractivity contribution is 0.485. The maximum atomic E-state index is 6.14. The Morgan fingerprint density at radius 2 is 2.35 bits per heavy atom. The zero-order chi connectivity index (χ0) is 12.3. The largest absolute Gasteiger partial charge is 0.326 e. The third kappa shape index (κ3) is 2.58. The Morgan fingerprint density at radius 3 is 2.94 bits per heavy atom. The summed E-state index contributed by atoms with van der Waals surface area (Å²) in [5.74, 6) is 1.13. The van der Waals surface area contributed by atoms with E-state index in [0.717, 1.165) is 18.7 Å². The molecule has 0 radical (unpaired) electrons. The molecule has 2 heterocycles. The van der Waals surface area contributed by atoms with E-state index in [1.165, 1.54) is 4.88 Å². The van der Waals surface area contributed by atoms with E-state index in [2.05, 4.69) is 40.9 Å². The van der Waals surface area contributed by atoms with E-state index in [9.17, 15) is 0 Å². The van der Waals surface area contributed by atoms with Crippen LogP contribution in [0.1, 0.15) is 37.0 Å². The fourth-order valence-corrected chi connectivity index (χ4v) is 3.06.